The van der Waals surface area contributed by atoms with Gasteiger partial charge in [-0.15, -0.1) is 0 Å². The lowest BCUT2D eigenvalue weighted by Crippen LogP contribution is -2.49. The van der Waals surface area contributed by atoms with Crippen LogP contribution in [0.2, 0.25) is 18.1 Å². The van der Waals surface area contributed by atoms with E-state index in [9.17, 15) is 0 Å². The molecular formula is C15H35NO3Si2. The first-order valence-electron chi connectivity index (χ1n) is 8.69. The van der Waals surface area contributed by atoms with E-state index >= 15 is 0 Å². The van der Waals surface area contributed by atoms with Crippen LogP contribution in [0.5, 0.6) is 0 Å². The third-order valence-corrected chi connectivity index (χ3v) is 11.0. The maximum Gasteiger partial charge on any atom is 0.324 e. The number of hydrogen-bond donors (Lipinski definition) is 0. The van der Waals surface area contributed by atoms with Gasteiger partial charge in [0.1, 0.15) is 0 Å². The molecule has 1 aliphatic heterocycles. The van der Waals surface area contributed by atoms with Crippen LogP contribution < -0.4 is 0 Å². The summed E-state index contributed by atoms with van der Waals surface area (Å²) in [5.41, 5.74) is 0.590. The predicted molar refractivity (Wildman–Crippen MR) is 93.3 cm³/mol. The maximum atomic E-state index is 6.11. The molecule has 1 aliphatic rings. The lowest BCUT2D eigenvalue weighted by Gasteiger charge is -2.32. The Kier molecular flexibility index (Phi) is 9.31. The van der Waals surface area contributed by atoms with Gasteiger partial charge in [-0.05, 0) is 71.3 Å². The van der Waals surface area contributed by atoms with Crippen LogP contribution in [0.25, 0.3) is 0 Å². The highest BCUT2D eigenvalue weighted by molar-refractivity contribution is 6.70. The van der Waals surface area contributed by atoms with Gasteiger partial charge in [0.25, 0.3) is 8.48 Å². The van der Waals surface area contributed by atoms with E-state index in [4.69, 9.17) is 13.3 Å². The van der Waals surface area contributed by atoms with E-state index in [0.29, 0.717) is 5.54 Å². The summed E-state index contributed by atoms with van der Waals surface area (Å²) in [7, 11) is -3.04. The van der Waals surface area contributed by atoms with E-state index in [1.807, 2.05) is 0 Å². The van der Waals surface area contributed by atoms with Gasteiger partial charge in [0, 0.05) is 19.8 Å². The Hall–Kier alpha value is 0.274. The summed E-state index contributed by atoms with van der Waals surface area (Å²) in [6.07, 6.45) is 3.76. The molecule has 2 atom stereocenters. The fourth-order valence-corrected chi connectivity index (χ4v) is 8.52. The predicted octanol–water partition coefficient (Wildman–Crippen LogP) is 3.26. The van der Waals surface area contributed by atoms with Crippen molar-refractivity contribution in [3.05, 3.63) is 0 Å². The molecule has 0 aliphatic carbocycles. The van der Waals surface area contributed by atoms with Gasteiger partial charge in [-0.2, -0.15) is 0 Å². The standard InChI is InChI=1S/C15H35NO3Si2/c1-6-17-20(18-7-2)15(4)11-9-12-16-13-10-14-21(16,5)19-8-3/h15,20H,6-14H2,1-5H3. The first-order chi connectivity index (χ1) is 10.1. The quantitative estimate of drug-likeness (QED) is 0.543. The zero-order chi connectivity index (χ0) is 15.7. The van der Waals surface area contributed by atoms with Crippen LogP contribution in [-0.4, -0.2) is 55.2 Å². The monoisotopic (exact) mass is 333 g/mol. The SMILES string of the molecule is CCO[SiH](OCC)C(C)CCCN1CCC[Si]1(C)OCC. The van der Waals surface area contributed by atoms with Crippen LogP contribution in [0, 0.1) is 0 Å². The molecule has 1 saturated heterocycles. The van der Waals surface area contributed by atoms with Crippen LogP contribution in [0.1, 0.15) is 47.0 Å². The summed E-state index contributed by atoms with van der Waals surface area (Å²) >= 11 is 0. The van der Waals surface area contributed by atoms with Crippen molar-refractivity contribution in [3.63, 3.8) is 0 Å². The van der Waals surface area contributed by atoms with Crippen LogP contribution in [0.15, 0.2) is 0 Å². The summed E-state index contributed by atoms with van der Waals surface area (Å²) in [4.78, 5) is 0. The van der Waals surface area contributed by atoms with E-state index in [0.717, 1.165) is 19.8 Å². The van der Waals surface area contributed by atoms with Crippen molar-refractivity contribution in [3.8, 4) is 0 Å². The molecule has 0 saturated carbocycles. The van der Waals surface area contributed by atoms with Gasteiger partial charge in [0.2, 0.25) is 0 Å². The second kappa shape index (κ2) is 10.1. The highest BCUT2D eigenvalue weighted by Crippen LogP contribution is 2.28. The highest BCUT2D eigenvalue weighted by Gasteiger charge is 2.40. The van der Waals surface area contributed by atoms with Gasteiger partial charge >= 0.3 is 9.28 Å². The first-order valence-corrected chi connectivity index (χ1v) is 12.9. The van der Waals surface area contributed by atoms with Gasteiger partial charge < -0.3 is 17.8 Å². The average molecular weight is 334 g/mol. The molecule has 2 unspecified atom stereocenters. The third kappa shape index (κ3) is 6.11. The largest absolute Gasteiger partial charge is 0.403 e. The van der Waals surface area contributed by atoms with Crippen molar-refractivity contribution in [1.82, 2.24) is 4.57 Å². The average Bonchev–Trinajstić information content (AvgIpc) is 2.80. The molecule has 6 heteroatoms. The second-order valence-electron chi connectivity index (χ2n) is 6.10. The summed E-state index contributed by atoms with van der Waals surface area (Å²) in [6, 6.07) is 1.30. The summed E-state index contributed by atoms with van der Waals surface area (Å²) < 4.78 is 20.4. The molecule has 0 N–H and O–H groups in total. The Morgan fingerprint density at radius 3 is 2.38 bits per heavy atom. The molecule has 0 radical (unpaired) electrons. The summed E-state index contributed by atoms with van der Waals surface area (Å²) in [5, 5.41) is 0. The first kappa shape index (κ1) is 19.3. The van der Waals surface area contributed by atoms with Crippen molar-refractivity contribution in [2.45, 2.75) is 65.1 Å². The Bertz CT molecular complexity index is 278. The number of hydrogen-bond acceptors (Lipinski definition) is 4. The molecule has 1 rings (SSSR count). The molecule has 0 aromatic carbocycles. The minimum atomic E-state index is -1.56. The lowest BCUT2D eigenvalue weighted by atomic mass is 10.2. The Labute approximate surface area is 134 Å². The van der Waals surface area contributed by atoms with Gasteiger partial charge in [0.15, 0.2) is 0 Å². The zero-order valence-electron chi connectivity index (χ0n) is 14.7. The maximum absolute atomic E-state index is 6.11. The van der Waals surface area contributed by atoms with E-state index in [-0.39, 0.29) is 0 Å². The Morgan fingerprint density at radius 2 is 1.81 bits per heavy atom. The molecular weight excluding hydrogens is 298 g/mol. The minimum Gasteiger partial charge on any atom is -0.403 e. The third-order valence-electron chi connectivity index (χ3n) is 4.41. The molecule has 126 valence electrons. The van der Waals surface area contributed by atoms with Crippen molar-refractivity contribution in [2.75, 3.05) is 32.9 Å². The molecule has 0 spiro atoms. The van der Waals surface area contributed by atoms with Crippen molar-refractivity contribution in [2.24, 2.45) is 0 Å². The highest BCUT2D eigenvalue weighted by atomic mass is 28.4. The fraction of sp³-hybridized carbons (Fsp3) is 1.00. The fourth-order valence-electron chi connectivity index (χ4n) is 3.26. The van der Waals surface area contributed by atoms with E-state index < -0.39 is 17.8 Å². The van der Waals surface area contributed by atoms with Gasteiger partial charge in [-0.1, -0.05) is 6.92 Å². The molecule has 0 aromatic heterocycles. The van der Waals surface area contributed by atoms with Crippen LogP contribution in [-0.2, 0) is 13.3 Å². The van der Waals surface area contributed by atoms with E-state index in [2.05, 4.69) is 38.8 Å². The van der Waals surface area contributed by atoms with Crippen molar-refractivity contribution >= 4 is 17.8 Å². The van der Waals surface area contributed by atoms with Crippen molar-refractivity contribution in [1.29, 1.82) is 0 Å². The Morgan fingerprint density at radius 1 is 1.14 bits per heavy atom. The summed E-state index contributed by atoms with van der Waals surface area (Å²) in [5.74, 6) is 0. The smallest absolute Gasteiger partial charge is 0.324 e. The van der Waals surface area contributed by atoms with Crippen molar-refractivity contribution < 1.29 is 13.3 Å². The van der Waals surface area contributed by atoms with E-state index in [1.54, 1.807) is 0 Å². The van der Waals surface area contributed by atoms with Gasteiger partial charge in [-0.25, -0.2) is 0 Å². The number of nitrogens with zero attached hydrogens (tertiary/aromatic N) is 1. The molecule has 21 heavy (non-hydrogen) atoms. The Balaban J connectivity index is 2.34. The summed E-state index contributed by atoms with van der Waals surface area (Å²) in [6.45, 7) is 15.8. The molecule has 0 aromatic rings. The minimum absolute atomic E-state index is 0.590. The lowest BCUT2D eigenvalue weighted by molar-refractivity contribution is 0.202. The van der Waals surface area contributed by atoms with Gasteiger partial charge in [0.05, 0.1) is 0 Å². The topological polar surface area (TPSA) is 30.9 Å². The van der Waals surface area contributed by atoms with Crippen LogP contribution >= 0.6 is 0 Å². The zero-order valence-corrected chi connectivity index (χ0v) is 16.8. The normalized spacial score (nSPS) is 24.9. The molecule has 0 bridgehead atoms. The van der Waals surface area contributed by atoms with Crippen LogP contribution in [0.3, 0.4) is 0 Å². The number of rotatable bonds is 11. The molecule has 0 amide bonds. The molecule has 1 fully saturated rings. The molecule has 1 heterocycles. The molecule has 4 nitrogen and oxygen atoms in total. The van der Waals surface area contributed by atoms with E-state index in [1.165, 1.54) is 38.4 Å². The van der Waals surface area contributed by atoms with Crippen LogP contribution in [0.4, 0.5) is 0 Å². The second-order valence-corrected chi connectivity index (χ2v) is 12.4. The van der Waals surface area contributed by atoms with Gasteiger partial charge in [-0.3, -0.25) is 0 Å².